The zero-order valence-electron chi connectivity index (χ0n) is 10.7. The van der Waals surface area contributed by atoms with Gasteiger partial charge in [-0.05, 0) is 33.2 Å². The third-order valence-electron chi connectivity index (χ3n) is 3.10. The number of aromatic nitrogens is 3. The first-order valence-electron chi connectivity index (χ1n) is 6.47. The summed E-state index contributed by atoms with van der Waals surface area (Å²) in [6.07, 6.45) is 5.41. The van der Waals surface area contributed by atoms with E-state index in [2.05, 4.69) is 29.2 Å². The smallest absolute Gasteiger partial charge is 0.153 e. The molecule has 0 bridgehead atoms. The summed E-state index contributed by atoms with van der Waals surface area (Å²) in [6, 6.07) is 0.850. The highest BCUT2D eigenvalue weighted by Crippen LogP contribution is 2.09. The molecule has 0 aliphatic carbocycles. The zero-order chi connectivity index (χ0) is 12.1. The molecule has 17 heavy (non-hydrogen) atoms. The molecule has 1 unspecified atom stereocenters. The molecule has 1 saturated heterocycles. The first-order chi connectivity index (χ1) is 8.27. The summed E-state index contributed by atoms with van der Waals surface area (Å²) in [5.41, 5.74) is 0. The van der Waals surface area contributed by atoms with E-state index in [1.807, 2.05) is 4.68 Å². The molecule has 1 N–H and O–H groups in total. The van der Waals surface area contributed by atoms with E-state index in [0.29, 0.717) is 18.7 Å². The molecule has 96 valence electrons. The van der Waals surface area contributed by atoms with Gasteiger partial charge in [-0.1, -0.05) is 6.42 Å². The zero-order valence-corrected chi connectivity index (χ0v) is 10.7. The van der Waals surface area contributed by atoms with E-state index in [1.54, 1.807) is 6.33 Å². The van der Waals surface area contributed by atoms with E-state index < -0.39 is 0 Å². The number of rotatable bonds is 5. The molecule has 1 atom stereocenters. The second kappa shape index (κ2) is 6.12. The van der Waals surface area contributed by atoms with Crippen molar-refractivity contribution < 1.29 is 4.74 Å². The lowest BCUT2D eigenvalue weighted by Gasteiger charge is -2.23. The summed E-state index contributed by atoms with van der Waals surface area (Å²) in [7, 11) is 0. The van der Waals surface area contributed by atoms with Gasteiger partial charge in [0.1, 0.15) is 12.9 Å². The van der Waals surface area contributed by atoms with Crippen molar-refractivity contribution in [2.24, 2.45) is 0 Å². The Morgan fingerprint density at radius 2 is 2.41 bits per heavy atom. The summed E-state index contributed by atoms with van der Waals surface area (Å²) >= 11 is 0. The third kappa shape index (κ3) is 3.51. The predicted octanol–water partition coefficient (Wildman–Crippen LogP) is 1.52. The molecule has 0 spiro atoms. The predicted molar refractivity (Wildman–Crippen MR) is 65.7 cm³/mol. The van der Waals surface area contributed by atoms with E-state index in [-0.39, 0.29) is 0 Å². The number of ether oxygens (including phenoxy) is 1. The molecular weight excluding hydrogens is 216 g/mol. The lowest BCUT2D eigenvalue weighted by atomic mass is 10.1. The van der Waals surface area contributed by atoms with Gasteiger partial charge in [-0.15, -0.1) is 0 Å². The summed E-state index contributed by atoms with van der Waals surface area (Å²) in [5, 5.41) is 7.66. The molecule has 2 heterocycles. The van der Waals surface area contributed by atoms with Gasteiger partial charge in [-0.3, -0.25) is 0 Å². The van der Waals surface area contributed by atoms with Crippen LogP contribution in [0.25, 0.3) is 0 Å². The molecule has 1 aliphatic rings. The minimum atomic E-state index is 0.337. The second-order valence-corrected chi connectivity index (χ2v) is 4.88. The normalized spacial score (nSPS) is 21.0. The van der Waals surface area contributed by atoms with Crippen LogP contribution >= 0.6 is 0 Å². The Balaban J connectivity index is 1.75. The van der Waals surface area contributed by atoms with Crippen molar-refractivity contribution in [3.63, 3.8) is 0 Å². The molecule has 1 fully saturated rings. The van der Waals surface area contributed by atoms with E-state index in [0.717, 1.165) is 19.0 Å². The highest BCUT2D eigenvalue weighted by atomic mass is 16.5. The van der Waals surface area contributed by atoms with Crippen molar-refractivity contribution in [2.45, 2.75) is 51.8 Å². The van der Waals surface area contributed by atoms with Crippen molar-refractivity contribution in [1.82, 2.24) is 20.1 Å². The van der Waals surface area contributed by atoms with Crippen molar-refractivity contribution in [3.05, 3.63) is 12.2 Å². The summed E-state index contributed by atoms with van der Waals surface area (Å²) in [6.45, 7) is 6.64. The molecule has 1 aromatic heterocycles. The highest BCUT2D eigenvalue weighted by Gasteiger charge is 2.13. The summed E-state index contributed by atoms with van der Waals surface area (Å²) in [5.74, 6) is 0.913. The molecule has 0 radical (unpaired) electrons. The van der Waals surface area contributed by atoms with Crippen molar-refractivity contribution in [3.8, 4) is 0 Å². The van der Waals surface area contributed by atoms with Crippen LogP contribution in [0.5, 0.6) is 0 Å². The standard InChI is InChI=1S/C12H22N4O/c1-10(2)16-12(14-9-15-16)8-17-7-11-5-3-4-6-13-11/h9-11,13H,3-8H2,1-2H3. The van der Waals surface area contributed by atoms with Crippen molar-refractivity contribution in [2.75, 3.05) is 13.2 Å². The second-order valence-electron chi connectivity index (χ2n) is 4.88. The Morgan fingerprint density at radius 1 is 1.53 bits per heavy atom. The minimum Gasteiger partial charge on any atom is -0.372 e. The average molecular weight is 238 g/mol. The molecule has 0 amide bonds. The van der Waals surface area contributed by atoms with Crippen LogP contribution in [-0.4, -0.2) is 34.0 Å². The minimum absolute atomic E-state index is 0.337. The van der Waals surface area contributed by atoms with E-state index in [9.17, 15) is 0 Å². The molecule has 2 rings (SSSR count). The topological polar surface area (TPSA) is 52.0 Å². The SMILES string of the molecule is CC(C)n1ncnc1COCC1CCCCN1. The first-order valence-corrected chi connectivity index (χ1v) is 6.47. The van der Waals surface area contributed by atoms with Gasteiger partial charge in [-0.25, -0.2) is 9.67 Å². The van der Waals surface area contributed by atoms with Gasteiger partial charge in [0.15, 0.2) is 5.82 Å². The number of hydrogen-bond acceptors (Lipinski definition) is 4. The Kier molecular flexibility index (Phi) is 4.50. The van der Waals surface area contributed by atoms with Crippen LogP contribution in [-0.2, 0) is 11.3 Å². The Labute approximate surface area is 103 Å². The fourth-order valence-electron chi connectivity index (χ4n) is 2.17. The highest BCUT2D eigenvalue weighted by molar-refractivity contribution is 4.84. The average Bonchev–Trinajstić information content (AvgIpc) is 2.79. The largest absolute Gasteiger partial charge is 0.372 e. The lowest BCUT2D eigenvalue weighted by Crippen LogP contribution is -2.37. The van der Waals surface area contributed by atoms with Gasteiger partial charge in [0.2, 0.25) is 0 Å². The molecule has 1 aliphatic heterocycles. The van der Waals surface area contributed by atoms with Gasteiger partial charge < -0.3 is 10.1 Å². The Morgan fingerprint density at radius 3 is 3.12 bits per heavy atom. The quantitative estimate of drug-likeness (QED) is 0.845. The van der Waals surface area contributed by atoms with Crippen LogP contribution < -0.4 is 5.32 Å². The van der Waals surface area contributed by atoms with E-state index >= 15 is 0 Å². The number of piperidine rings is 1. The van der Waals surface area contributed by atoms with Crippen LogP contribution in [0.15, 0.2) is 6.33 Å². The first kappa shape index (κ1) is 12.5. The lowest BCUT2D eigenvalue weighted by molar-refractivity contribution is 0.0835. The van der Waals surface area contributed by atoms with Gasteiger partial charge in [-0.2, -0.15) is 5.10 Å². The maximum Gasteiger partial charge on any atom is 0.153 e. The van der Waals surface area contributed by atoms with Crippen LogP contribution in [0.1, 0.15) is 45.0 Å². The van der Waals surface area contributed by atoms with Gasteiger partial charge >= 0.3 is 0 Å². The Hall–Kier alpha value is -0.940. The maximum atomic E-state index is 5.72. The van der Waals surface area contributed by atoms with Gasteiger partial charge in [0.25, 0.3) is 0 Å². The molecule has 0 aromatic carbocycles. The van der Waals surface area contributed by atoms with Crippen LogP contribution in [0.3, 0.4) is 0 Å². The maximum absolute atomic E-state index is 5.72. The number of nitrogens with zero attached hydrogens (tertiary/aromatic N) is 3. The number of hydrogen-bond donors (Lipinski definition) is 1. The van der Waals surface area contributed by atoms with Gasteiger partial charge in [0, 0.05) is 12.1 Å². The molecule has 0 saturated carbocycles. The van der Waals surface area contributed by atoms with Crippen LogP contribution in [0, 0.1) is 0 Å². The van der Waals surface area contributed by atoms with Gasteiger partial charge in [0.05, 0.1) is 6.61 Å². The monoisotopic (exact) mass is 238 g/mol. The van der Waals surface area contributed by atoms with Crippen molar-refractivity contribution in [1.29, 1.82) is 0 Å². The molecular formula is C12H22N4O. The Bertz CT molecular complexity index is 331. The number of nitrogens with one attached hydrogen (secondary N) is 1. The molecule has 5 heteroatoms. The fraction of sp³-hybridized carbons (Fsp3) is 0.833. The molecule has 5 nitrogen and oxygen atoms in total. The van der Waals surface area contributed by atoms with Crippen LogP contribution in [0.4, 0.5) is 0 Å². The van der Waals surface area contributed by atoms with E-state index in [1.165, 1.54) is 19.3 Å². The molecule has 1 aromatic rings. The third-order valence-corrected chi connectivity index (χ3v) is 3.10. The summed E-state index contributed by atoms with van der Waals surface area (Å²) in [4.78, 5) is 4.23. The fourth-order valence-corrected chi connectivity index (χ4v) is 2.17. The van der Waals surface area contributed by atoms with E-state index in [4.69, 9.17) is 4.74 Å². The van der Waals surface area contributed by atoms with Crippen molar-refractivity contribution >= 4 is 0 Å². The summed E-state index contributed by atoms with van der Waals surface area (Å²) < 4.78 is 7.63. The van der Waals surface area contributed by atoms with Crippen LogP contribution in [0.2, 0.25) is 0 Å².